The van der Waals surface area contributed by atoms with Crippen LogP contribution in [0.3, 0.4) is 0 Å². The summed E-state index contributed by atoms with van der Waals surface area (Å²) in [4.78, 5) is 23.1. The van der Waals surface area contributed by atoms with Crippen LogP contribution < -0.4 is 14.8 Å². The number of carbonyl (C=O) groups is 1. The highest BCUT2D eigenvalue weighted by molar-refractivity contribution is 6.33. The second kappa shape index (κ2) is 10.5. The monoisotopic (exact) mass is 438 g/mol. The number of aromatic nitrogens is 3. The fourth-order valence-corrected chi connectivity index (χ4v) is 3.23. The van der Waals surface area contributed by atoms with Crippen molar-refractivity contribution >= 4 is 17.5 Å². The predicted molar refractivity (Wildman–Crippen MR) is 107 cm³/mol. The van der Waals surface area contributed by atoms with Gasteiger partial charge in [0.15, 0.2) is 5.02 Å². The van der Waals surface area contributed by atoms with E-state index in [1.807, 2.05) is 6.92 Å². The van der Waals surface area contributed by atoms with E-state index in [4.69, 9.17) is 25.8 Å². The highest BCUT2D eigenvalue weighted by Crippen LogP contribution is 2.34. The van der Waals surface area contributed by atoms with Gasteiger partial charge in [0.2, 0.25) is 17.7 Å². The van der Waals surface area contributed by atoms with Gasteiger partial charge >= 0.3 is 0 Å². The van der Waals surface area contributed by atoms with E-state index in [0.29, 0.717) is 24.8 Å². The minimum atomic E-state index is -0.395. The van der Waals surface area contributed by atoms with Crippen molar-refractivity contribution in [2.24, 2.45) is 5.92 Å². The first kappa shape index (κ1) is 22.2. The fourth-order valence-electron chi connectivity index (χ4n) is 3.02. The molecule has 3 rings (SSSR count). The topological polar surface area (TPSA) is 95.5 Å². The van der Waals surface area contributed by atoms with Crippen molar-refractivity contribution in [1.82, 2.24) is 20.3 Å². The summed E-state index contributed by atoms with van der Waals surface area (Å²) >= 11 is 6.28. The molecule has 8 nitrogen and oxygen atoms in total. The number of halogens is 2. The molecule has 162 valence electrons. The summed E-state index contributed by atoms with van der Waals surface area (Å²) in [5, 5.41) is 2.94. The first-order valence-electron chi connectivity index (χ1n) is 9.66. The van der Waals surface area contributed by atoms with E-state index in [9.17, 15) is 9.18 Å². The van der Waals surface area contributed by atoms with Crippen molar-refractivity contribution in [3.05, 3.63) is 41.2 Å². The SMILES string of the molecule is CC(=O)N[C@@H](C)CO[C@H]1C[C@H](COc2ncnc(OCc3cc(F)ccn3)c2Cl)C1. The van der Waals surface area contributed by atoms with Crippen LogP contribution in [0.25, 0.3) is 0 Å². The molecule has 1 aliphatic rings. The minimum absolute atomic E-state index is 0.0152. The van der Waals surface area contributed by atoms with Gasteiger partial charge in [0.1, 0.15) is 18.8 Å². The maximum Gasteiger partial charge on any atom is 0.240 e. The van der Waals surface area contributed by atoms with Gasteiger partial charge in [0.25, 0.3) is 0 Å². The first-order valence-corrected chi connectivity index (χ1v) is 10.0. The molecule has 0 bridgehead atoms. The van der Waals surface area contributed by atoms with E-state index in [0.717, 1.165) is 12.8 Å². The molecule has 1 amide bonds. The highest BCUT2D eigenvalue weighted by atomic mass is 35.5. The molecule has 10 heteroatoms. The molecule has 1 saturated carbocycles. The minimum Gasteiger partial charge on any atom is -0.476 e. The van der Waals surface area contributed by atoms with Crippen LogP contribution in [0.5, 0.6) is 11.8 Å². The van der Waals surface area contributed by atoms with Crippen LogP contribution in [0.4, 0.5) is 4.39 Å². The predicted octanol–water partition coefficient (Wildman–Crippen LogP) is 2.94. The van der Waals surface area contributed by atoms with Gasteiger partial charge in [-0.05, 0) is 37.8 Å². The average molecular weight is 439 g/mol. The Kier molecular flexibility index (Phi) is 7.75. The molecule has 2 aromatic rings. The second-order valence-electron chi connectivity index (χ2n) is 7.26. The molecule has 1 N–H and O–H groups in total. The summed E-state index contributed by atoms with van der Waals surface area (Å²) in [5.74, 6) is 0.252. The molecule has 2 aromatic heterocycles. The number of nitrogens with one attached hydrogen (secondary N) is 1. The lowest BCUT2D eigenvalue weighted by Crippen LogP contribution is -2.40. The molecule has 2 heterocycles. The van der Waals surface area contributed by atoms with E-state index >= 15 is 0 Å². The lowest BCUT2D eigenvalue weighted by molar-refractivity contribution is -0.120. The molecule has 1 atom stereocenters. The number of hydrogen-bond acceptors (Lipinski definition) is 7. The molecule has 0 aromatic carbocycles. The first-order chi connectivity index (χ1) is 14.4. The maximum atomic E-state index is 13.2. The number of hydrogen-bond donors (Lipinski definition) is 1. The van der Waals surface area contributed by atoms with Crippen molar-refractivity contribution in [2.75, 3.05) is 13.2 Å². The quantitative estimate of drug-likeness (QED) is 0.609. The fraction of sp³-hybridized carbons (Fsp3) is 0.500. The van der Waals surface area contributed by atoms with Crippen LogP contribution in [0, 0.1) is 11.7 Å². The molecule has 30 heavy (non-hydrogen) atoms. The zero-order valence-electron chi connectivity index (χ0n) is 16.8. The van der Waals surface area contributed by atoms with Crippen LogP contribution >= 0.6 is 11.6 Å². The molecular weight excluding hydrogens is 415 g/mol. The number of carbonyl (C=O) groups excluding carboxylic acids is 1. The lowest BCUT2D eigenvalue weighted by Gasteiger charge is -2.35. The van der Waals surface area contributed by atoms with Crippen molar-refractivity contribution in [2.45, 2.75) is 45.4 Å². The summed E-state index contributed by atoms with van der Waals surface area (Å²) < 4.78 is 30.2. The Labute approximate surface area is 179 Å². The lowest BCUT2D eigenvalue weighted by atomic mass is 9.83. The molecule has 0 unspecified atom stereocenters. The van der Waals surface area contributed by atoms with Gasteiger partial charge in [-0.25, -0.2) is 14.4 Å². The summed E-state index contributed by atoms with van der Waals surface area (Å²) in [6.07, 6.45) is 4.55. The Hall–Kier alpha value is -2.52. The Morgan fingerprint density at radius 1 is 1.30 bits per heavy atom. The number of pyridine rings is 1. The second-order valence-corrected chi connectivity index (χ2v) is 7.64. The molecule has 0 aliphatic heterocycles. The summed E-state index contributed by atoms with van der Waals surface area (Å²) in [5.41, 5.74) is 0.417. The molecule has 0 saturated heterocycles. The summed E-state index contributed by atoms with van der Waals surface area (Å²) in [7, 11) is 0. The van der Waals surface area contributed by atoms with Crippen LogP contribution in [0.15, 0.2) is 24.7 Å². The van der Waals surface area contributed by atoms with Gasteiger partial charge in [-0.1, -0.05) is 11.6 Å². The molecule has 1 fully saturated rings. The summed E-state index contributed by atoms with van der Waals surface area (Å²) in [6.45, 7) is 4.34. The third-order valence-electron chi connectivity index (χ3n) is 4.54. The number of rotatable bonds is 10. The Balaban J connectivity index is 1.41. The third kappa shape index (κ3) is 6.50. The van der Waals surface area contributed by atoms with Crippen molar-refractivity contribution in [3.63, 3.8) is 0 Å². The van der Waals surface area contributed by atoms with Crippen molar-refractivity contribution < 1.29 is 23.4 Å². The van der Waals surface area contributed by atoms with Crippen LogP contribution in [0.1, 0.15) is 32.4 Å². The summed E-state index contributed by atoms with van der Waals surface area (Å²) in [6, 6.07) is 2.52. The smallest absolute Gasteiger partial charge is 0.240 e. The van der Waals surface area contributed by atoms with E-state index < -0.39 is 5.82 Å². The van der Waals surface area contributed by atoms with E-state index in [2.05, 4.69) is 20.3 Å². The van der Waals surface area contributed by atoms with Crippen molar-refractivity contribution in [3.8, 4) is 11.8 Å². The average Bonchev–Trinajstić information content (AvgIpc) is 2.66. The Morgan fingerprint density at radius 2 is 2.03 bits per heavy atom. The van der Waals surface area contributed by atoms with Gasteiger partial charge in [0, 0.05) is 19.2 Å². The van der Waals surface area contributed by atoms with Crippen LogP contribution in [0.2, 0.25) is 5.02 Å². The Morgan fingerprint density at radius 3 is 2.73 bits per heavy atom. The molecular formula is C20H24ClFN4O4. The van der Waals surface area contributed by atoms with Gasteiger partial charge in [-0.2, -0.15) is 0 Å². The molecule has 0 radical (unpaired) electrons. The van der Waals surface area contributed by atoms with Gasteiger partial charge < -0.3 is 19.5 Å². The van der Waals surface area contributed by atoms with Crippen LogP contribution in [-0.4, -0.2) is 46.2 Å². The standard InChI is InChI=1S/C20H24ClFN4O4/c1-12(26-13(2)27)8-28-17-5-14(6-17)9-29-19-18(21)20(25-11-24-19)30-10-16-7-15(22)3-4-23-16/h3-4,7,11-12,14,17H,5-6,8-10H2,1-2H3,(H,26,27)/t12-,14-,17-/m0/s1. The third-order valence-corrected chi connectivity index (χ3v) is 4.86. The maximum absolute atomic E-state index is 13.2. The van der Waals surface area contributed by atoms with E-state index in [1.165, 1.54) is 31.6 Å². The van der Waals surface area contributed by atoms with E-state index in [-0.39, 0.29) is 41.4 Å². The number of ether oxygens (including phenoxy) is 3. The molecule has 0 spiro atoms. The zero-order chi connectivity index (χ0) is 21.5. The number of amides is 1. The van der Waals surface area contributed by atoms with E-state index in [1.54, 1.807) is 0 Å². The molecule has 1 aliphatic carbocycles. The largest absolute Gasteiger partial charge is 0.476 e. The Bertz CT molecular complexity index is 866. The van der Waals surface area contributed by atoms with Gasteiger partial charge in [-0.3, -0.25) is 9.78 Å². The van der Waals surface area contributed by atoms with Gasteiger partial charge in [-0.15, -0.1) is 0 Å². The normalized spacial score (nSPS) is 18.9. The van der Waals surface area contributed by atoms with Crippen molar-refractivity contribution in [1.29, 1.82) is 0 Å². The van der Waals surface area contributed by atoms with Crippen LogP contribution in [-0.2, 0) is 16.1 Å². The number of nitrogens with zero attached hydrogens (tertiary/aromatic N) is 3. The zero-order valence-corrected chi connectivity index (χ0v) is 17.6. The highest BCUT2D eigenvalue weighted by Gasteiger charge is 2.31. The van der Waals surface area contributed by atoms with Gasteiger partial charge in [0.05, 0.1) is 25.0 Å².